The smallest absolute Gasteiger partial charge is 0.207 e. The summed E-state index contributed by atoms with van der Waals surface area (Å²) in [5, 5.41) is 8.60. The van der Waals surface area contributed by atoms with Gasteiger partial charge in [-0.25, -0.2) is 8.42 Å². The second-order valence-electron chi connectivity index (χ2n) is 5.73. The number of nitrogens with zero attached hydrogens (tertiary/aromatic N) is 2. The van der Waals surface area contributed by atoms with Gasteiger partial charge in [0.25, 0.3) is 0 Å². The molecule has 0 spiro atoms. The zero-order chi connectivity index (χ0) is 14.1. The summed E-state index contributed by atoms with van der Waals surface area (Å²) < 4.78 is 26.5. The van der Waals surface area contributed by atoms with Gasteiger partial charge in [0.1, 0.15) is 0 Å². The average Bonchev–Trinajstić information content (AvgIpc) is 2.71. The van der Waals surface area contributed by atoms with Gasteiger partial charge in [0.2, 0.25) is 10.0 Å². The van der Waals surface area contributed by atoms with E-state index in [0.29, 0.717) is 24.4 Å². The molecule has 1 saturated heterocycles. The first-order valence-electron chi connectivity index (χ1n) is 6.31. The third kappa shape index (κ3) is 2.96. The van der Waals surface area contributed by atoms with Crippen LogP contribution in [-0.4, -0.2) is 25.8 Å². The number of rotatable bonds is 3. The predicted molar refractivity (Wildman–Crippen MR) is 72.9 cm³/mol. The fourth-order valence-electron chi connectivity index (χ4n) is 2.29. The predicted octanol–water partition coefficient (Wildman–Crippen LogP) is 2.17. The van der Waals surface area contributed by atoms with Gasteiger partial charge in [0.15, 0.2) is 0 Å². The van der Waals surface area contributed by atoms with Crippen molar-refractivity contribution in [1.82, 2.24) is 4.31 Å². The van der Waals surface area contributed by atoms with Gasteiger partial charge in [-0.15, -0.1) is 0 Å². The quantitative estimate of drug-likeness (QED) is 0.851. The minimum absolute atomic E-state index is 0.0494. The van der Waals surface area contributed by atoms with Gasteiger partial charge >= 0.3 is 0 Å². The van der Waals surface area contributed by atoms with E-state index in [1.807, 2.05) is 6.07 Å². The lowest BCUT2D eigenvalue weighted by Crippen LogP contribution is -2.30. The highest BCUT2D eigenvalue weighted by molar-refractivity contribution is 7.89. The van der Waals surface area contributed by atoms with Crippen LogP contribution in [0.4, 0.5) is 0 Å². The van der Waals surface area contributed by atoms with E-state index in [2.05, 4.69) is 13.8 Å². The molecule has 1 aromatic rings. The van der Waals surface area contributed by atoms with Crippen LogP contribution in [0.15, 0.2) is 29.2 Å². The maximum atomic E-state index is 12.5. The second kappa shape index (κ2) is 4.95. The van der Waals surface area contributed by atoms with Crippen LogP contribution >= 0.6 is 0 Å². The summed E-state index contributed by atoms with van der Waals surface area (Å²) in [6, 6.07) is 8.64. The van der Waals surface area contributed by atoms with Crippen molar-refractivity contribution >= 4 is 10.0 Å². The second-order valence-corrected chi connectivity index (χ2v) is 7.67. The molecular formula is C14H18N2O2S. The van der Waals surface area contributed by atoms with Crippen LogP contribution in [0.3, 0.4) is 0 Å². The molecule has 0 N–H and O–H groups in total. The third-order valence-electron chi connectivity index (χ3n) is 3.49. The van der Waals surface area contributed by atoms with Crippen LogP contribution in [-0.2, 0) is 16.4 Å². The van der Waals surface area contributed by atoms with Gasteiger partial charge < -0.3 is 0 Å². The van der Waals surface area contributed by atoms with Crippen molar-refractivity contribution in [2.45, 2.75) is 31.6 Å². The topological polar surface area (TPSA) is 61.2 Å². The molecule has 2 rings (SSSR count). The van der Waals surface area contributed by atoms with Crippen molar-refractivity contribution < 1.29 is 8.42 Å². The Morgan fingerprint density at radius 2 is 1.95 bits per heavy atom. The number of benzene rings is 1. The monoisotopic (exact) mass is 278 g/mol. The fraction of sp³-hybridized carbons (Fsp3) is 0.500. The first-order chi connectivity index (χ1) is 8.85. The molecule has 1 aliphatic rings. The zero-order valence-corrected chi connectivity index (χ0v) is 12.1. The normalized spacial score (nSPS) is 19.2. The maximum Gasteiger partial charge on any atom is 0.243 e. The molecule has 0 aliphatic carbocycles. The molecule has 4 nitrogen and oxygen atoms in total. The summed E-state index contributed by atoms with van der Waals surface area (Å²) in [4.78, 5) is 0.312. The van der Waals surface area contributed by atoms with E-state index >= 15 is 0 Å². The Morgan fingerprint density at radius 1 is 1.32 bits per heavy atom. The van der Waals surface area contributed by atoms with Crippen LogP contribution in [0.25, 0.3) is 0 Å². The number of hydrogen-bond donors (Lipinski definition) is 0. The fourth-order valence-corrected chi connectivity index (χ4v) is 3.92. The Morgan fingerprint density at radius 3 is 2.42 bits per heavy atom. The molecule has 0 aromatic heterocycles. The first kappa shape index (κ1) is 14.0. The molecule has 1 aromatic carbocycles. The Balaban J connectivity index is 2.23. The number of sulfonamides is 1. The highest BCUT2D eigenvalue weighted by atomic mass is 32.2. The molecule has 102 valence electrons. The molecule has 0 saturated carbocycles. The van der Waals surface area contributed by atoms with Crippen LogP contribution in [0.5, 0.6) is 0 Å². The van der Waals surface area contributed by atoms with Gasteiger partial charge in [-0.1, -0.05) is 26.0 Å². The maximum absolute atomic E-state index is 12.5. The number of hydrogen-bond acceptors (Lipinski definition) is 3. The molecule has 1 heterocycles. The van der Waals surface area contributed by atoms with Crippen molar-refractivity contribution in [2.75, 3.05) is 13.1 Å². The molecule has 0 bridgehead atoms. The summed E-state index contributed by atoms with van der Waals surface area (Å²) in [5.41, 5.74) is 0.886. The van der Waals surface area contributed by atoms with E-state index in [9.17, 15) is 8.42 Å². The van der Waals surface area contributed by atoms with E-state index in [0.717, 1.165) is 12.0 Å². The lowest BCUT2D eigenvalue weighted by atomic mass is 9.93. The Labute approximate surface area is 114 Å². The third-order valence-corrected chi connectivity index (χ3v) is 5.35. The highest BCUT2D eigenvalue weighted by Crippen LogP contribution is 2.32. The number of nitriles is 1. The minimum Gasteiger partial charge on any atom is -0.207 e. The largest absolute Gasteiger partial charge is 0.243 e. The van der Waals surface area contributed by atoms with Gasteiger partial charge in [-0.2, -0.15) is 9.57 Å². The van der Waals surface area contributed by atoms with Gasteiger partial charge in [0.05, 0.1) is 17.4 Å². The van der Waals surface area contributed by atoms with Crippen LogP contribution in [0.2, 0.25) is 0 Å². The van der Waals surface area contributed by atoms with Gasteiger partial charge in [-0.3, -0.25) is 0 Å². The van der Waals surface area contributed by atoms with E-state index in [-0.39, 0.29) is 5.41 Å². The summed E-state index contributed by atoms with van der Waals surface area (Å²) in [5.74, 6) is 0. The summed E-state index contributed by atoms with van der Waals surface area (Å²) in [7, 11) is -3.39. The van der Waals surface area contributed by atoms with E-state index in [4.69, 9.17) is 5.26 Å². The molecule has 0 radical (unpaired) electrons. The summed E-state index contributed by atoms with van der Waals surface area (Å²) >= 11 is 0. The molecule has 0 amide bonds. The molecule has 0 atom stereocenters. The Kier molecular flexibility index (Phi) is 3.66. The lowest BCUT2D eigenvalue weighted by Gasteiger charge is -2.19. The van der Waals surface area contributed by atoms with Crippen molar-refractivity contribution in [3.63, 3.8) is 0 Å². The lowest BCUT2D eigenvalue weighted by molar-refractivity contribution is 0.375. The van der Waals surface area contributed by atoms with E-state index in [1.165, 1.54) is 0 Å². The van der Waals surface area contributed by atoms with Gasteiger partial charge in [0, 0.05) is 13.1 Å². The van der Waals surface area contributed by atoms with Gasteiger partial charge in [-0.05, 0) is 29.5 Å². The summed E-state index contributed by atoms with van der Waals surface area (Å²) in [6.45, 7) is 5.31. The Hall–Kier alpha value is -1.38. The SMILES string of the molecule is CC1(C)CCN(S(=O)(=O)c2ccc(CC#N)cc2)C1. The summed E-state index contributed by atoms with van der Waals surface area (Å²) in [6.07, 6.45) is 1.19. The van der Waals surface area contributed by atoms with Crippen LogP contribution in [0.1, 0.15) is 25.8 Å². The zero-order valence-electron chi connectivity index (χ0n) is 11.3. The van der Waals surface area contributed by atoms with Crippen molar-refractivity contribution in [3.8, 4) is 6.07 Å². The minimum atomic E-state index is -3.39. The molecule has 1 fully saturated rings. The first-order valence-corrected chi connectivity index (χ1v) is 7.75. The standard InChI is InChI=1S/C14H18N2O2S/c1-14(2)8-10-16(11-14)19(17,18)13-5-3-12(4-6-13)7-9-15/h3-6H,7-8,10-11H2,1-2H3. The van der Waals surface area contributed by atoms with E-state index < -0.39 is 10.0 Å². The Bertz CT molecular complexity index is 597. The average molecular weight is 278 g/mol. The van der Waals surface area contributed by atoms with E-state index in [1.54, 1.807) is 28.6 Å². The highest BCUT2D eigenvalue weighted by Gasteiger charge is 2.36. The molecule has 5 heteroatoms. The van der Waals surface area contributed by atoms with Crippen molar-refractivity contribution in [3.05, 3.63) is 29.8 Å². The van der Waals surface area contributed by atoms with Crippen LogP contribution < -0.4 is 0 Å². The van der Waals surface area contributed by atoms with Crippen LogP contribution in [0, 0.1) is 16.7 Å². The molecular weight excluding hydrogens is 260 g/mol. The molecule has 0 unspecified atom stereocenters. The molecule has 1 aliphatic heterocycles. The van der Waals surface area contributed by atoms with Crippen molar-refractivity contribution in [2.24, 2.45) is 5.41 Å². The van der Waals surface area contributed by atoms with Crippen molar-refractivity contribution in [1.29, 1.82) is 5.26 Å². The molecule has 19 heavy (non-hydrogen) atoms.